The fraction of sp³-hybridized carbons (Fsp3) is 0.148. The Morgan fingerprint density at radius 2 is 1.69 bits per heavy atom. The van der Waals surface area contributed by atoms with Crippen molar-refractivity contribution in [2.45, 2.75) is 20.8 Å². The van der Waals surface area contributed by atoms with Crippen molar-refractivity contribution in [1.29, 1.82) is 0 Å². The fourth-order valence-corrected chi connectivity index (χ4v) is 4.04. The summed E-state index contributed by atoms with van der Waals surface area (Å²) in [5, 5.41) is 2.02. The molecule has 0 N–H and O–H groups in total. The molecule has 0 aliphatic carbocycles. The van der Waals surface area contributed by atoms with Gasteiger partial charge in [-0.25, -0.2) is 4.57 Å². The second-order valence-electron chi connectivity index (χ2n) is 7.61. The average molecular weight is 382 g/mol. The molecule has 2 heterocycles. The SMILES string of the molecule is [2H]c1c(C)c([2H])c(-c2c(C)c(C)cc3c2oc2c(-c4ccccc4)cccc23)[n+](C)c1[2H]. The van der Waals surface area contributed by atoms with Crippen LogP contribution >= 0.6 is 0 Å². The van der Waals surface area contributed by atoms with Crippen LogP contribution in [0.1, 0.15) is 20.8 Å². The van der Waals surface area contributed by atoms with Gasteiger partial charge in [0, 0.05) is 28.4 Å². The second-order valence-corrected chi connectivity index (χ2v) is 7.61. The number of benzene rings is 3. The lowest BCUT2D eigenvalue weighted by Crippen LogP contribution is -2.30. The monoisotopic (exact) mass is 381 g/mol. The third kappa shape index (κ3) is 2.75. The summed E-state index contributed by atoms with van der Waals surface area (Å²) in [5.74, 6) is 0. The van der Waals surface area contributed by atoms with Crippen LogP contribution in [0, 0.1) is 20.8 Å². The molecule has 0 fully saturated rings. The molecule has 5 aromatic rings. The molecule has 0 spiro atoms. The Hall–Kier alpha value is -3.39. The Morgan fingerprint density at radius 1 is 0.897 bits per heavy atom. The maximum Gasteiger partial charge on any atom is 0.216 e. The van der Waals surface area contributed by atoms with Gasteiger partial charge in [-0.3, -0.25) is 0 Å². The molecule has 0 aliphatic rings. The average Bonchev–Trinajstić information content (AvgIpc) is 3.17. The molecule has 3 aromatic carbocycles. The molecule has 142 valence electrons. The number of hydrogen-bond donors (Lipinski definition) is 0. The van der Waals surface area contributed by atoms with E-state index in [1.54, 1.807) is 18.5 Å². The van der Waals surface area contributed by atoms with Crippen molar-refractivity contribution in [3.8, 4) is 22.4 Å². The van der Waals surface area contributed by atoms with E-state index in [2.05, 4.69) is 37.3 Å². The summed E-state index contributed by atoms with van der Waals surface area (Å²) in [6.07, 6.45) is 0.0867. The van der Waals surface area contributed by atoms with Crippen LogP contribution in [0.2, 0.25) is 0 Å². The van der Waals surface area contributed by atoms with Crippen molar-refractivity contribution in [3.63, 3.8) is 0 Å². The van der Waals surface area contributed by atoms with Crippen molar-refractivity contribution in [2.75, 3.05) is 0 Å². The van der Waals surface area contributed by atoms with Crippen LogP contribution in [-0.2, 0) is 7.05 Å². The Bertz CT molecular complexity index is 1510. The first-order valence-corrected chi connectivity index (χ1v) is 9.78. The van der Waals surface area contributed by atoms with Gasteiger partial charge in [0.1, 0.15) is 19.6 Å². The first kappa shape index (κ1) is 14.6. The zero-order valence-electron chi connectivity index (χ0n) is 20.1. The van der Waals surface area contributed by atoms with E-state index in [9.17, 15) is 0 Å². The van der Waals surface area contributed by atoms with E-state index in [0.717, 1.165) is 44.2 Å². The van der Waals surface area contributed by atoms with Gasteiger partial charge in [-0.2, -0.15) is 0 Å². The molecule has 0 amide bonds. The number of rotatable bonds is 2. The van der Waals surface area contributed by atoms with E-state index in [-0.39, 0.29) is 18.3 Å². The number of hydrogen-bond acceptors (Lipinski definition) is 1. The number of fused-ring (bicyclic) bond motifs is 3. The normalized spacial score (nSPS) is 12.9. The van der Waals surface area contributed by atoms with Crippen LogP contribution in [0.15, 0.2) is 77.3 Å². The Labute approximate surface area is 175 Å². The summed E-state index contributed by atoms with van der Waals surface area (Å²) in [6, 6.07) is 18.8. The third-order valence-corrected chi connectivity index (χ3v) is 5.68. The van der Waals surface area contributed by atoms with Crippen LogP contribution in [0.3, 0.4) is 0 Å². The lowest BCUT2D eigenvalue weighted by Gasteiger charge is -2.09. The number of pyridine rings is 1. The molecule has 0 bridgehead atoms. The van der Waals surface area contributed by atoms with Gasteiger partial charge >= 0.3 is 0 Å². The zero-order valence-corrected chi connectivity index (χ0v) is 17.1. The highest BCUT2D eigenvalue weighted by Gasteiger charge is 2.23. The first-order chi connectivity index (χ1) is 15.3. The topological polar surface area (TPSA) is 17.0 Å². The molecule has 0 saturated carbocycles. The maximum absolute atomic E-state index is 8.80. The van der Waals surface area contributed by atoms with Crippen LogP contribution in [0.4, 0.5) is 0 Å². The van der Waals surface area contributed by atoms with E-state index in [1.165, 1.54) is 0 Å². The molecule has 0 radical (unpaired) electrons. The van der Waals surface area contributed by atoms with Crippen molar-refractivity contribution in [3.05, 3.63) is 89.5 Å². The summed E-state index contributed by atoms with van der Waals surface area (Å²) in [6.45, 7) is 5.83. The molecule has 2 heteroatoms. The predicted octanol–water partition coefficient (Wildman–Crippen LogP) is 6.67. The molecule has 2 aromatic heterocycles. The van der Waals surface area contributed by atoms with Crippen molar-refractivity contribution in [2.24, 2.45) is 7.05 Å². The smallest absolute Gasteiger partial charge is 0.216 e. The van der Waals surface area contributed by atoms with Gasteiger partial charge in [0.2, 0.25) is 5.69 Å². The minimum atomic E-state index is 0.0822. The Balaban J connectivity index is 1.95. The van der Waals surface area contributed by atoms with Gasteiger partial charge < -0.3 is 4.42 Å². The summed E-state index contributed by atoms with van der Waals surface area (Å²) in [4.78, 5) is 0. The lowest BCUT2D eigenvalue weighted by molar-refractivity contribution is -0.660. The highest BCUT2D eigenvalue weighted by Crippen LogP contribution is 2.41. The minimum absolute atomic E-state index is 0.0822. The van der Waals surface area contributed by atoms with Crippen LogP contribution < -0.4 is 4.57 Å². The first-order valence-electron chi connectivity index (χ1n) is 11.3. The van der Waals surface area contributed by atoms with Gasteiger partial charge in [0.25, 0.3) is 0 Å². The van der Waals surface area contributed by atoms with Gasteiger partial charge in [0.05, 0.1) is 8.30 Å². The van der Waals surface area contributed by atoms with Crippen LogP contribution in [-0.4, -0.2) is 0 Å². The van der Waals surface area contributed by atoms with Crippen molar-refractivity contribution in [1.82, 2.24) is 0 Å². The third-order valence-electron chi connectivity index (χ3n) is 5.68. The molecule has 0 atom stereocenters. The molecule has 2 nitrogen and oxygen atoms in total. The molecule has 0 unspecified atom stereocenters. The van der Waals surface area contributed by atoms with Gasteiger partial charge in [-0.05, 0) is 49.1 Å². The molecule has 0 aliphatic heterocycles. The number of aryl methyl sites for hydroxylation is 1. The van der Waals surface area contributed by atoms with E-state index >= 15 is 0 Å². The second kappa shape index (κ2) is 6.59. The number of aromatic nitrogens is 1. The lowest BCUT2D eigenvalue weighted by atomic mass is 9.95. The van der Waals surface area contributed by atoms with E-state index < -0.39 is 0 Å². The zero-order chi connectivity index (χ0) is 22.7. The van der Waals surface area contributed by atoms with E-state index in [1.807, 2.05) is 31.2 Å². The largest absolute Gasteiger partial charge is 0.454 e. The predicted molar refractivity (Wildman–Crippen MR) is 120 cm³/mol. The van der Waals surface area contributed by atoms with Crippen LogP contribution in [0.25, 0.3) is 44.3 Å². The van der Waals surface area contributed by atoms with Crippen LogP contribution in [0.5, 0.6) is 0 Å². The van der Waals surface area contributed by atoms with Gasteiger partial charge in [-0.15, -0.1) is 0 Å². The van der Waals surface area contributed by atoms with Crippen molar-refractivity contribution >= 4 is 21.9 Å². The van der Waals surface area contributed by atoms with Gasteiger partial charge in [-0.1, -0.05) is 48.5 Å². The number of para-hydroxylation sites is 1. The summed E-state index contributed by atoms with van der Waals surface area (Å²) in [5.41, 5.74) is 7.67. The molecular formula is C27H24NO+. The highest BCUT2D eigenvalue weighted by atomic mass is 16.3. The maximum atomic E-state index is 8.80. The summed E-state index contributed by atoms with van der Waals surface area (Å²) < 4.78 is 33.6. The van der Waals surface area contributed by atoms with E-state index in [4.69, 9.17) is 8.53 Å². The summed E-state index contributed by atoms with van der Waals surface area (Å²) >= 11 is 0. The quantitative estimate of drug-likeness (QED) is 0.312. The molecular weight excluding hydrogens is 354 g/mol. The van der Waals surface area contributed by atoms with Crippen molar-refractivity contribution < 1.29 is 13.1 Å². The minimum Gasteiger partial charge on any atom is -0.454 e. The van der Waals surface area contributed by atoms with Gasteiger partial charge in [0.15, 0.2) is 6.17 Å². The summed E-state index contributed by atoms with van der Waals surface area (Å²) in [7, 11) is 1.75. The van der Waals surface area contributed by atoms with E-state index in [0.29, 0.717) is 16.8 Å². The molecule has 5 rings (SSSR count). The fourth-order valence-electron chi connectivity index (χ4n) is 4.04. The number of furan rings is 1. The molecule has 0 saturated heterocycles. The number of nitrogens with zero attached hydrogens (tertiary/aromatic N) is 1. The Morgan fingerprint density at radius 3 is 2.48 bits per heavy atom. The molecule has 29 heavy (non-hydrogen) atoms. The standard InChI is InChI=1S/C27H24NO/c1-17-13-14-28(4)24(15-17)25-19(3)18(2)16-23-22-12-8-11-21(26(22)29-27(23)25)20-9-6-5-7-10-20/h5-16H,1-4H3/q+1/i13D,14D,15D. The highest BCUT2D eigenvalue weighted by molar-refractivity contribution is 6.13. The Kier molecular flexibility index (Phi) is 3.32.